The Hall–Kier alpha value is -1.86. The van der Waals surface area contributed by atoms with E-state index < -0.39 is 34.8 Å². The third-order valence-electron chi connectivity index (χ3n) is 5.44. The van der Waals surface area contributed by atoms with Gasteiger partial charge < -0.3 is 14.2 Å². The van der Waals surface area contributed by atoms with E-state index >= 15 is 0 Å². The quantitative estimate of drug-likeness (QED) is 0.365. The molecule has 0 radical (unpaired) electrons. The first kappa shape index (κ1) is 21.4. The summed E-state index contributed by atoms with van der Waals surface area (Å²) in [6, 6.07) is 2.16. The van der Waals surface area contributed by atoms with Gasteiger partial charge in [-0.15, -0.1) is 0 Å². The van der Waals surface area contributed by atoms with E-state index in [0.29, 0.717) is 19.3 Å². The average molecular weight is 403 g/mol. The fourth-order valence-electron chi connectivity index (χ4n) is 3.55. The van der Waals surface area contributed by atoms with Crippen molar-refractivity contribution in [2.75, 3.05) is 13.2 Å². The lowest BCUT2D eigenvalue weighted by atomic mass is 9.86. The highest BCUT2D eigenvalue weighted by Gasteiger charge is 2.56. The van der Waals surface area contributed by atoms with Crippen LogP contribution in [0.4, 0.5) is 4.79 Å². The lowest BCUT2D eigenvalue weighted by Gasteiger charge is -2.30. The van der Waals surface area contributed by atoms with Crippen LogP contribution in [0, 0.1) is 34.5 Å². The number of fused-ring (bicyclic) bond motifs is 2. The number of nitrogens with zero attached hydrogens (tertiary/aromatic N) is 1. The second kappa shape index (κ2) is 8.89. The summed E-state index contributed by atoms with van der Waals surface area (Å²) in [5, 5.41) is 9.19. The largest absolute Gasteiger partial charge is 0.508 e. The van der Waals surface area contributed by atoms with Crippen LogP contribution in [0.25, 0.3) is 0 Å². The van der Waals surface area contributed by atoms with Gasteiger partial charge >= 0.3 is 12.1 Å². The van der Waals surface area contributed by atoms with Crippen molar-refractivity contribution in [3.63, 3.8) is 0 Å². The lowest BCUT2D eigenvalue weighted by molar-refractivity contribution is -0.155. The molecule has 2 rings (SSSR count). The van der Waals surface area contributed by atoms with Gasteiger partial charge in [-0.2, -0.15) is 5.26 Å². The zero-order valence-corrected chi connectivity index (χ0v) is 16.5. The van der Waals surface area contributed by atoms with Crippen molar-refractivity contribution < 1.29 is 36.4 Å². The van der Waals surface area contributed by atoms with Crippen LogP contribution in [0.3, 0.4) is 0 Å². The molecular formula is C17H25NO8S. The first-order valence-electron chi connectivity index (χ1n) is 8.91. The minimum Gasteiger partial charge on any atom is -0.462 e. The van der Waals surface area contributed by atoms with Gasteiger partial charge in [0.1, 0.15) is 25.4 Å². The maximum atomic E-state index is 11.9. The van der Waals surface area contributed by atoms with Crippen LogP contribution in [0.2, 0.25) is 0 Å². The Bertz CT molecular complexity index is 675. The molecule has 152 valence electrons. The van der Waals surface area contributed by atoms with E-state index in [9.17, 15) is 23.3 Å². The number of ether oxygens (including phenoxy) is 3. The molecule has 0 N–H and O–H groups in total. The Kier molecular flexibility index (Phi) is 7.06. The molecule has 9 nitrogen and oxygen atoms in total. The second-order valence-electron chi connectivity index (χ2n) is 7.48. The van der Waals surface area contributed by atoms with Gasteiger partial charge in [-0.3, -0.25) is 8.98 Å². The van der Waals surface area contributed by atoms with Crippen molar-refractivity contribution >= 4 is 23.1 Å². The Labute approximate surface area is 160 Å². The zero-order valence-electron chi connectivity index (χ0n) is 15.6. The number of esters is 1. The first-order chi connectivity index (χ1) is 12.7. The van der Waals surface area contributed by atoms with Gasteiger partial charge in [0.15, 0.2) is 0 Å². The molecule has 0 heterocycles. The predicted molar refractivity (Wildman–Crippen MR) is 91.8 cm³/mol. The zero-order chi connectivity index (χ0) is 20.2. The molecule has 0 amide bonds. The van der Waals surface area contributed by atoms with E-state index in [1.807, 2.05) is 6.92 Å². The van der Waals surface area contributed by atoms with Crippen LogP contribution >= 0.6 is 0 Å². The number of hydrogen-bond donors (Lipinski definition) is 1. The Morgan fingerprint density at radius 3 is 2.41 bits per heavy atom. The average Bonchev–Trinajstić information content (AvgIpc) is 3.17. The number of nitriles is 1. The van der Waals surface area contributed by atoms with Gasteiger partial charge in [0.05, 0.1) is 17.4 Å². The minimum atomic E-state index is -3.10. The van der Waals surface area contributed by atoms with Gasteiger partial charge in [0.25, 0.3) is 11.0 Å². The molecule has 2 aliphatic rings. The summed E-state index contributed by atoms with van der Waals surface area (Å²) in [6.45, 7) is 5.08. The third kappa shape index (κ3) is 5.11. The van der Waals surface area contributed by atoms with Gasteiger partial charge in [-0.1, -0.05) is 6.92 Å². The highest BCUT2D eigenvalue weighted by molar-refractivity contribution is 7.67. The number of rotatable bonds is 8. The van der Waals surface area contributed by atoms with Crippen molar-refractivity contribution in [2.45, 2.75) is 52.2 Å². The second-order valence-corrected chi connectivity index (χ2v) is 8.14. The SMILES string of the molecule is CCC(C)(C)C(=O)OCCOC(=O)OC1C2CC(CC2C#N)C1O[SH](=O)=O. The number of hydrogen-bond acceptors (Lipinski definition) is 9. The highest BCUT2D eigenvalue weighted by atomic mass is 32.2. The van der Waals surface area contributed by atoms with Crippen LogP contribution in [0.1, 0.15) is 40.0 Å². The molecule has 0 aromatic carbocycles. The standard InChI is InChI=1S/C17H25NO8S/c1-4-17(2,3)15(19)23-5-6-24-16(20)25-14-12-8-10(7-11(12)9-18)13(14)26-27(21)22/h10-14,27H,4-8H2,1-3H3. The summed E-state index contributed by atoms with van der Waals surface area (Å²) >= 11 is 0. The summed E-state index contributed by atoms with van der Waals surface area (Å²) in [6.07, 6.45) is -0.958. The summed E-state index contributed by atoms with van der Waals surface area (Å²) in [5.74, 6) is -1.13. The van der Waals surface area contributed by atoms with E-state index in [0.717, 1.165) is 0 Å². The van der Waals surface area contributed by atoms with E-state index in [4.69, 9.17) is 18.4 Å². The normalized spacial score (nSPS) is 29.4. The molecule has 5 atom stereocenters. The lowest BCUT2D eigenvalue weighted by Crippen LogP contribution is -2.41. The van der Waals surface area contributed by atoms with Crippen LogP contribution in [-0.4, -0.2) is 46.0 Å². The summed E-state index contributed by atoms with van der Waals surface area (Å²) in [7, 11) is -3.10. The molecule has 2 fully saturated rings. The predicted octanol–water partition coefficient (Wildman–Crippen LogP) is 1.58. The maximum Gasteiger partial charge on any atom is 0.508 e. The molecule has 0 spiro atoms. The Morgan fingerprint density at radius 2 is 1.81 bits per heavy atom. The van der Waals surface area contributed by atoms with Gasteiger partial charge in [-0.25, -0.2) is 13.2 Å². The van der Waals surface area contributed by atoms with E-state index in [2.05, 4.69) is 6.07 Å². The first-order valence-corrected chi connectivity index (χ1v) is 10.0. The van der Waals surface area contributed by atoms with Crippen molar-refractivity contribution in [3.8, 4) is 6.07 Å². The van der Waals surface area contributed by atoms with Gasteiger partial charge in [0.2, 0.25) is 0 Å². The van der Waals surface area contributed by atoms with Crippen molar-refractivity contribution in [3.05, 3.63) is 0 Å². The van der Waals surface area contributed by atoms with E-state index in [-0.39, 0.29) is 36.9 Å². The Morgan fingerprint density at radius 1 is 1.15 bits per heavy atom. The van der Waals surface area contributed by atoms with Crippen LogP contribution in [-0.2, 0) is 34.2 Å². The topological polar surface area (TPSA) is 129 Å². The third-order valence-corrected chi connectivity index (χ3v) is 5.85. The number of carbonyl (C=O) groups excluding carboxylic acids is 2. The molecule has 0 aliphatic heterocycles. The van der Waals surface area contributed by atoms with Crippen LogP contribution < -0.4 is 0 Å². The summed E-state index contributed by atoms with van der Waals surface area (Å²) in [5.41, 5.74) is -0.616. The number of thiol groups is 1. The fourth-order valence-corrected chi connectivity index (χ4v) is 4.04. The van der Waals surface area contributed by atoms with Crippen molar-refractivity contribution in [1.82, 2.24) is 0 Å². The van der Waals surface area contributed by atoms with E-state index in [1.54, 1.807) is 13.8 Å². The number of carbonyl (C=O) groups is 2. The highest BCUT2D eigenvalue weighted by Crippen LogP contribution is 2.50. The van der Waals surface area contributed by atoms with Gasteiger partial charge in [-0.05, 0) is 39.0 Å². The van der Waals surface area contributed by atoms with Crippen molar-refractivity contribution in [1.29, 1.82) is 5.26 Å². The molecular weight excluding hydrogens is 378 g/mol. The van der Waals surface area contributed by atoms with E-state index in [1.165, 1.54) is 0 Å². The minimum absolute atomic E-state index is 0.110. The molecule has 5 unspecified atom stereocenters. The van der Waals surface area contributed by atoms with Crippen LogP contribution in [0.15, 0.2) is 0 Å². The molecule has 2 bridgehead atoms. The Balaban J connectivity index is 1.83. The smallest absolute Gasteiger partial charge is 0.462 e. The summed E-state index contributed by atoms with van der Waals surface area (Å²) < 4.78 is 41.9. The van der Waals surface area contributed by atoms with Crippen molar-refractivity contribution in [2.24, 2.45) is 23.2 Å². The fraction of sp³-hybridized carbons (Fsp3) is 0.824. The van der Waals surface area contributed by atoms with Gasteiger partial charge in [0, 0.05) is 5.92 Å². The summed E-state index contributed by atoms with van der Waals surface area (Å²) in [4.78, 5) is 23.7. The molecule has 0 aromatic rings. The molecule has 2 saturated carbocycles. The molecule has 27 heavy (non-hydrogen) atoms. The molecule has 0 aromatic heterocycles. The monoisotopic (exact) mass is 403 g/mol. The molecule has 2 aliphatic carbocycles. The molecule has 0 saturated heterocycles. The van der Waals surface area contributed by atoms with Crippen LogP contribution in [0.5, 0.6) is 0 Å². The maximum absolute atomic E-state index is 11.9. The molecule has 10 heteroatoms.